The molecule has 0 spiro atoms. The van der Waals surface area contributed by atoms with Crippen molar-refractivity contribution >= 4 is 17.7 Å². The van der Waals surface area contributed by atoms with E-state index >= 15 is 0 Å². The van der Waals surface area contributed by atoms with Crippen molar-refractivity contribution in [1.82, 2.24) is 0 Å². The molecule has 0 aliphatic heterocycles. The fourth-order valence-corrected chi connectivity index (χ4v) is 18.0. The Kier molecular flexibility index (Phi) is 12.4. The minimum Gasteiger partial charge on any atom is -0.481 e. The van der Waals surface area contributed by atoms with Gasteiger partial charge in [-0.3, -0.25) is 14.4 Å². The third-order valence-corrected chi connectivity index (χ3v) is 21.1. The van der Waals surface area contributed by atoms with E-state index in [0.29, 0.717) is 67.0 Å². The van der Waals surface area contributed by atoms with Crippen molar-refractivity contribution in [3.05, 3.63) is 0 Å². The second-order valence-corrected chi connectivity index (χ2v) is 23.4. The number of carboxylic acid groups (broad SMARTS) is 2. The quantitative estimate of drug-likeness (QED) is 0.146. The number of carboxylic acids is 2. The van der Waals surface area contributed by atoms with Gasteiger partial charge in [-0.15, -0.1) is 0 Å². The molecule has 0 heterocycles. The lowest BCUT2D eigenvalue weighted by molar-refractivity contribution is -0.203. The standard InChI is InChI=1S/C26H44O4.C26H42O4/c2*1-5-17-21-14-16(27)10-12-26(21,4)20-11-13-25(3)18(15(2)6-9-22(28)29)7-8-19(25)23(20)24(17)30/h15-21,23-24,27,30H,5-14H2,1-4H3,(H,28,29);15-21,23,27H,5-14H2,1-4H3,(H,28,29)/t15-,16-,17?,18-,19?,20?,21+,23?,24-,25-,26-;15-,16-,17?,18-,19?,20?,21+,23?,25-,26-/m11/s1/i5D,24D;5D/t5?,15-,16-,17?,18-,19?,20?,21+,23?,24-,25-,26-;5?,15-,16-,17?,18-,19?,20?,21+,23?,25-,26-. The molecule has 8 fully saturated rings. The molecular weight excluding hydrogens is 753 g/mol. The van der Waals surface area contributed by atoms with Crippen molar-refractivity contribution in [3.8, 4) is 0 Å². The van der Waals surface area contributed by atoms with Crippen molar-refractivity contribution in [2.45, 2.75) is 202 Å². The maximum atomic E-state index is 14.0. The maximum Gasteiger partial charge on any atom is 0.303 e. The largest absolute Gasteiger partial charge is 0.481 e. The first-order valence-electron chi connectivity index (χ1n) is 26.4. The topological polar surface area (TPSA) is 152 Å². The molecule has 0 amide bonds. The molecule has 8 rings (SSSR count). The van der Waals surface area contributed by atoms with Gasteiger partial charge >= 0.3 is 11.9 Å². The highest BCUT2D eigenvalue weighted by Gasteiger charge is 2.67. The van der Waals surface area contributed by atoms with Gasteiger partial charge in [-0.05, 0) is 202 Å². The number of aliphatic carboxylic acids is 2. The predicted octanol–water partition coefficient (Wildman–Crippen LogP) is 10.4. The van der Waals surface area contributed by atoms with E-state index in [1.54, 1.807) is 0 Å². The Morgan fingerprint density at radius 1 is 0.633 bits per heavy atom. The summed E-state index contributed by atoms with van der Waals surface area (Å²) >= 11 is 0. The van der Waals surface area contributed by atoms with E-state index < -0.39 is 36.7 Å². The molecule has 8 aliphatic carbocycles. The molecule has 0 aromatic carbocycles. The fraction of sp³-hybridized carbons (Fsp3) is 0.942. The Bertz CT molecular complexity index is 1690. The molecule has 5 N–H and O–H groups in total. The zero-order valence-electron chi connectivity index (χ0n) is 41.6. The van der Waals surface area contributed by atoms with Crippen LogP contribution < -0.4 is 0 Å². The predicted molar refractivity (Wildman–Crippen MR) is 235 cm³/mol. The minimum atomic E-state index is -1.65. The number of ketones is 1. The van der Waals surface area contributed by atoms with Gasteiger partial charge in [0.2, 0.25) is 0 Å². The SMILES string of the molecule is [2H]C(C)C1C(=O)C2C3CC[C@H]([C@H](C)CCC(=O)O)[C@@]3(C)CCC2[C@@]2(C)CC[C@@H](O)C[C@@H]12.[2H]C(C)C1[C@@H]2C[C@H](O)CC[C@]2(C)C2CC[C@@]3(C)C(CC[C@@H]3[C@H](C)CCC(=O)O)C2[C@]1([2H])O. The highest BCUT2D eigenvalue weighted by atomic mass is 16.4. The second kappa shape index (κ2) is 17.5. The van der Waals surface area contributed by atoms with Gasteiger partial charge in [-0.2, -0.15) is 0 Å². The van der Waals surface area contributed by atoms with Gasteiger partial charge in [-0.1, -0.05) is 61.8 Å². The van der Waals surface area contributed by atoms with Crippen LogP contribution in [0.4, 0.5) is 0 Å². The lowest BCUT2D eigenvalue weighted by Crippen LogP contribution is -2.62. The summed E-state index contributed by atoms with van der Waals surface area (Å²) in [5.41, 5.74) is 0.126. The number of carbonyl (C=O) groups excluding carboxylic acids is 1. The van der Waals surface area contributed by atoms with E-state index in [4.69, 9.17) is 13.0 Å². The van der Waals surface area contributed by atoms with Crippen LogP contribution in [0.25, 0.3) is 0 Å². The molecule has 8 heteroatoms. The zero-order valence-corrected chi connectivity index (χ0v) is 38.6. The lowest BCUT2D eigenvalue weighted by Gasteiger charge is -2.64. The summed E-state index contributed by atoms with van der Waals surface area (Å²) in [5.74, 6) is 1.02. The molecule has 23 atom stereocenters. The summed E-state index contributed by atoms with van der Waals surface area (Å²) in [5, 5.41) is 51.1. The maximum absolute atomic E-state index is 14.0. The average Bonchev–Trinajstić information content (AvgIpc) is 3.74. The first kappa shape index (κ1) is 42.4. The van der Waals surface area contributed by atoms with Gasteiger partial charge < -0.3 is 25.5 Å². The van der Waals surface area contributed by atoms with Crippen LogP contribution in [0.5, 0.6) is 0 Å². The second-order valence-electron chi connectivity index (χ2n) is 23.4. The summed E-state index contributed by atoms with van der Waals surface area (Å²) in [4.78, 5) is 36.3. The van der Waals surface area contributed by atoms with Crippen LogP contribution in [0, 0.1) is 105 Å². The number of aliphatic hydroxyl groups is 3. The molecular formula is C52H86O8. The third-order valence-electron chi connectivity index (χ3n) is 21.1. The molecule has 0 radical (unpaired) electrons. The first-order chi connectivity index (χ1) is 29.3. The van der Waals surface area contributed by atoms with Crippen LogP contribution in [-0.4, -0.2) is 61.5 Å². The summed E-state index contributed by atoms with van der Waals surface area (Å²) in [6, 6.07) is 0. The minimum absolute atomic E-state index is 0.0125. The molecule has 8 aliphatic rings. The van der Waals surface area contributed by atoms with Gasteiger partial charge in [0.15, 0.2) is 0 Å². The highest BCUT2D eigenvalue weighted by Crippen LogP contribution is 2.71. The van der Waals surface area contributed by atoms with E-state index in [1.165, 1.54) is 0 Å². The summed E-state index contributed by atoms with van der Waals surface area (Å²) in [6.45, 7) is 17.5. The Labute approximate surface area is 367 Å². The normalized spacial score (nSPS) is 53.3. The van der Waals surface area contributed by atoms with E-state index in [0.717, 1.165) is 77.0 Å². The molecule has 8 saturated carbocycles. The molecule has 0 saturated heterocycles. The molecule has 342 valence electrons. The van der Waals surface area contributed by atoms with E-state index in [1.807, 2.05) is 13.8 Å². The van der Waals surface area contributed by atoms with Gasteiger partial charge in [0.1, 0.15) is 5.78 Å². The smallest absolute Gasteiger partial charge is 0.303 e. The van der Waals surface area contributed by atoms with Gasteiger partial charge in [0.25, 0.3) is 0 Å². The summed E-state index contributed by atoms with van der Waals surface area (Å²) in [7, 11) is 0. The van der Waals surface area contributed by atoms with Crippen molar-refractivity contribution in [2.24, 2.45) is 105 Å². The Morgan fingerprint density at radius 2 is 1.07 bits per heavy atom. The number of hydrogen-bond acceptors (Lipinski definition) is 6. The van der Waals surface area contributed by atoms with Crippen LogP contribution in [-0.2, 0) is 14.4 Å². The first-order valence-corrected chi connectivity index (χ1v) is 24.7. The van der Waals surface area contributed by atoms with Crippen molar-refractivity contribution < 1.29 is 44.0 Å². The molecule has 60 heavy (non-hydrogen) atoms. The van der Waals surface area contributed by atoms with Crippen molar-refractivity contribution in [2.75, 3.05) is 0 Å². The number of aliphatic hydroxyl groups excluding tert-OH is 2. The number of carbonyl (C=O) groups is 3. The van der Waals surface area contributed by atoms with E-state index in [9.17, 15) is 31.1 Å². The molecule has 8 nitrogen and oxygen atoms in total. The Balaban J connectivity index is 0.000000189. The fourth-order valence-electron chi connectivity index (χ4n) is 18.0. The lowest BCUT2D eigenvalue weighted by atomic mass is 9.41. The average molecular weight is 842 g/mol. The monoisotopic (exact) mass is 842 g/mol. The van der Waals surface area contributed by atoms with Gasteiger partial charge in [0, 0.05) is 27.4 Å². The van der Waals surface area contributed by atoms with Crippen LogP contribution in [0.15, 0.2) is 0 Å². The van der Waals surface area contributed by atoms with Gasteiger partial charge in [-0.25, -0.2) is 0 Å². The summed E-state index contributed by atoms with van der Waals surface area (Å²) in [6.07, 6.45) is 11.7. The Hall–Kier alpha value is -1.51. The Morgan fingerprint density at radius 3 is 1.58 bits per heavy atom. The van der Waals surface area contributed by atoms with Crippen LogP contribution in [0.3, 0.4) is 0 Å². The highest BCUT2D eigenvalue weighted by molar-refractivity contribution is 5.86. The number of hydrogen-bond donors (Lipinski definition) is 5. The number of Topliss-reactive ketones (excluding diaryl/α,β-unsaturated/α-hetero) is 1. The molecule has 10 unspecified atom stereocenters. The molecule has 0 aromatic heterocycles. The van der Waals surface area contributed by atoms with Crippen LogP contribution in [0.1, 0.15) is 188 Å². The van der Waals surface area contributed by atoms with Crippen LogP contribution >= 0.6 is 0 Å². The van der Waals surface area contributed by atoms with Crippen molar-refractivity contribution in [1.29, 1.82) is 0 Å². The molecule has 0 aromatic rings. The number of fused-ring (bicyclic) bond motifs is 10. The van der Waals surface area contributed by atoms with E-state index in [-0.39, 0.29) is 88.1 Å². The van der Waals surface area contributed by atoms with Gasteiger partial charge in [0.05, 0.1) is 19.7 Å². The zero-order chi connectivity index (χ0) is 46.4. The third kappa shape index (κ3) is 7.68. The van der Waals surface area contributed by atoms with Crippen LogP contribution in [0.2, 0.25) is 0 Å². The van der Waals surface area contributed by atoms with Crippen molar-refractivity contribution in [3.63, 3.8) is 0 Å². The number of rotatable bonds is 10. The summed E-state index contributed by atoms with van der Waals surface area (Å²) < 4.78 is 26.5. The van der Waals surface area contributed by atoms with E-state index in [2.05, 4.69) is 41.5 Å². The molecule has 0 bridgehead atoms.